The molecule has 112 valence electrons. The summed E-state index contributed by atoms with van der Waals surface area (Å²) < 4.78 is 19.7. The average Bonchev–Trinajstić information content (AvgIpc) is 2.93. The third kappa shape index (κ3) is 2.46. The van der Waals surface area contributed by atoms with Gasteiger partial charge >= 0.3 is 0 Å². The normalized spacial score (nSPS) is 11.0. The topological polar surface area (TPSA) is 68.3 Å². The minimum Gasteiger partial charge on any atom is -0.455 e. The third-order valence-corrected chi connectivity index (χ3v) is 3.51. The molecule has 0 unspecified atom stereocenters. The summed E-state index contributed by atoms with van der Waals surface area (Å²) in [6, 6.07) is 11.9. The van der Waals surface area contributed by atoms with Gasteiger partial charge in [-0.2, -0.15) is 0 Å². The van der Waals surface area contributed by atoms with Gasteiger partial charge in [0.05, 0.1) is 5.56 Å². The van der Waals surface area contributed by atoms with Gasteiger partial charge in [0.1, 0.15) is 17.2 Å². The summed E-state index contributed by atoms with van der Waals surface area (Å²) in [7, 11) is 1.76. The quantitative estimate of drug-likeness (QED) is 0.778. The highest BCUT2D eigenvalue weighted by Crippen LogP contribution is 2.30. The molecule has 4 nitrogen and oxygen atoms in total. The van der Waals surface area contributed by atoms with Crippen molar-refractivity contribution in [2.24, 2.45) is 5.73 Å². The molecular weight excluding hydrogens is 283 g/mol. The SMILES string of the molecule is CNCc1ccc(-c2cc3cccc(C(N)=O)c3o2)cc1F. The Morgan fingerprint density at radius 3 is 2.77 bits per heavy atom. The Bertz CT molecular complexity index is 855. The summed E-state index contributed by atoms with van der Waals surface area (Å²) in [6.07, 6.45) is 0. The number of hydrogen-bond acceptors (Lipinski definition) is 3. The molecule has 1 aromatic heterocycles. The van der Waals surface area contributed by atoms with Gasteiger partial charge in [0.2, 0.25) is 0 Å². The monoisotopic (exact) mass is 298 g/mol. The lowest BCUT2D eigenvalue weighted by molar-refractivity contribution is 0.100. The maximum absolute atomic E-state index is 14.0. The van der Waals surface area contributed by atoms with E-state index in [1.54, 1.807) is 37.4 Å². The molecule has 0 saturated heterocycles. The maximum Gasteiger partial charge on any atom is 0.252 e. The number of halogens is 1. The van der Waals surface area contributed by atoms with Crippen molar-refractivity contribution in [1.29, 1.82) is 0 Å². The van der Waals surface area contributed by atoms with Crippen LogP contribution < -0.4 is 11.1 Å². The lowest BCUT2D eigenvalue weighted by Crippen LogP contribution is -2.10. The summed E-state index contributed by atoms with van der Waals surface area (Å²) in [5.74, 6) is -0.358. The molecule has 3 rings (SSSR count). The second-order valence-corrected chi connectivity index (χ2v) is 5.04. The van der Waals surface area contributed by atoms with E-state index in [1.165, 1.54) is 6.07 Å². The van der Waals surface area contributed by atoms with E-state index < -0.39 is 5.91 Å². The number of furan rings is 1. The van der Waals surface area contributed by atoms with Crippen LogP contribution in [0.5, 0.6) is 0 Å². The van der Waals surface area contributed by atoms with Crippen molar-refractivity contribution in [3.05, 3.63) is 59.4 Å². The van der Waals surface area contributed by atoms with E-state index in [0.29, 0.717) is 34.6 Å². The Labute approximate surface area is 126 Å². The number of fused-ring (bicyclic) bond motifs is 1. The van der Waals surface area contributed by atoms with Crippen LogP contribution in [0.25, 0.3) is 22.3 Å². The lowest BCUT2D eigenvalue weighted by Gasteiger charge is -2.04. The van der Waals surface area contributed by atoms with E-state index in [2.05, 4.69) is 5.32 Å². The smallest absolute Gasteiger partial charge is 0.252 e. The third-order valence-electron chi connectivity index (χ3n) is 3.51. The van der Waals surface area contributed by atoms with Crippen LogP contribution in [0.1, 0.15) is 15.9 Å². The second kappa shape index (κ2) is 5.61. The molecule has 0 spiro atoms. The Balaban J connectivity index is 2.09. The molecule has 3 N–H and O–H groups in total. The van der Waals surface area contributed by atoms with Gasteiger partial charge in [-0.05, 0) is 25.2 Å². The highest BCUT2D eigenvalue weighted by molar-refractivity contribution is 6.04. The summed E-state index contributed by atoms with van der Waals surface area (Å²) >= 11 is 0. The lowest BCUT2D eigenvalue weighted by atomic mass is 10.1. The standard InChI is InChI=1S/C17H15FN2O2/c1-20-9-12-6-5-10(7-14(12)18)15-8-11-3-2-4-13(17(19)21)16(11)22-15/h2-8,20H,9H2,1H3,(H2,19,21). The highest BCUT2D eigenvalue weighted by Gasteiger charge is 2.14. The van der Waals surface area contributed by atoms with Gasteiger partial charge in [-0.3, -0.25) is 4.79 Å². The number of para-hydroxylation sites is 1. The van der Waals surface area contributed by atoms with Gasteiger partial charge in [-0.1, -0.05) is 24.3 Å². The predicted octanol–water partition coefficient (Wildman–Crippen LogP) is 3.06. The largest absolute Gasteiger partial charge is 0.455 e. The zero-order valence-electron chi connectivity index (χ0n) is 12.0. The van der Waals surface area contributed by atoms with E-state index in [-0.39, 0.29) is 5.82 Å². The fourth-order valence-corrected chi connectivity index (χ4v) is 2.43. The number of carbonyl (C=O) groups excluding carboxylic acids is 1. The average molecular weight is 298 g/mol. The highest BCUT2D eigenvalue weighted by atomic mass is 19.1. The fraction of sp³-hybridized carbons (Fsp3) is 0.118. The van der Waals surface area contributed by atoms with Crippen LogP contribution in [-0.4, -0.2) is 13.0 Å². The molecule has 0 atom stereocenters. The van der Waals surface area contributed by atoms with Gasteiger partial charge in [0.15, 0.2) is 0 Å². The van der Waals surface area contributed by atoms with Crippen LogP contribution >= 0.6 is 0 Å². The van der Waals surface area contributed by atoms with Crippen LogP contribution in [0.2, 0.25) is 0 Å². The summed E-state index contributed by atoms with van der Waals surface area (Å²) in [5, 5.41) is 3.67. The molecule has 2 aromatic carbocycles. The first-order chi connectivity index (χ1) is 10.6. The number of nitrogens with two attached hydrogens (primary N) is 1. The number of nitrogens with one attached hydrogen (secondary N) is 1. The summed E-state index contributed by atoms with van der Waals surface area (Å²) in [4.78, 5) is 11.4. The van der Waals surface area contributed by atoms with Crippen molar-refractivity contribution in [2.45, 2.75) is 6.54 Å². The Hall–Kier alpha value is -2.66. The number of carbonyl (C=O) groups is 1. The van der Waals surface area contributed by atoms with E-state index in [0.717, 1.165) is 5.39 Å². The zero-order valence-corrected chi connectivity index (χ0v) is 12.0. The van der Waals surface area contributed by atoms with Crippen molar-refractivity contribution < 1.29 is 13.6 Å². The zero-order chi connectivity index (χ0) is 15.7. The van der Waals surface area contributed by atoms with Gasteiger partial charge in [0.25, 0.3) is 5.91 Å². The Morgan fingerprint density at radius 1 is 1.27 bits per heavy atom. The van der Waals surface area contributed by atoms with Gasteiger partial charge < -0.3 is 15.5 Å². The molecule has 1 amide bonds. The van der Waals surface area contributed by atoms with E-state index in [9.17, 15) is 9.18 Å². The van der Waals surface area contributed by atoms with Crippen LogP contribution in [0.15, 0.2) is 46.9 Å². The molecule has 0 aliphatic carbocycles. The van der Waals surface area contributed by atoms with E-state index in [4.69, 9.17) is 10.2 Å². The predicted molar refractivity (Wildman–Crippen MR) is 82.9 cm³/mol. The maximum atomic E-state index is 14.0. The fourth-order valence-electron chi connectivity index (χ4n) is 2.43. The van der Waals surface area contributed by atoms with Crippen molar-refractivity contribution in [3.63, 3.8) is 0 Å². The number of primary amides is 1. The van der Waals surface area contributed by atoms with Crippen molar-refractivity contribution in [3.8, 4) is 11.3 Å². The molecule has 0 aliphatic rings. The Morgan fingerprint density at radius 2 is 2.09 bits per heavy atom. The van der Waals surface area contributed by atoms with E-state index >= 15 is 0 Å². The molecule has 1 heterocycles. The minimum atomic E-state index is -0.554. The van der Waals surface area contributed by atoms with Gasteiger partial charge in [-0.15, -0.1) is 0 Å². The van der Waals surface area contributed by atoms with E-state index in [1.807, 2.05) is 6.07 Å². The molecule has 0 fully saturated rings. The number of hydrogen-bond donors (Lipinski definition) is 2. The first-order valence-electron chi connectivity index (χ1n) is 6.86. The molecule has 0 bridgehead atoms. The Kier molecular flexibility index (Phi) is 3.65. The summed E-state index contributed by atoms with van der Waals surface area (Å²) in [6.45, 7) is 0.456. The molecular formula is C17H15FN2O2. The second-order valence-electron chi connectivity index (χ2n) is 5.04. The van der Waals surface area contributed by atoms with Gasteiger partial charge in [-0.25, -0.2) is 4.39 Å². The van der Waals surface area contributed by atoms with Crippen molar-refractivity contribution >= 4 is 16.9 Å². The molecule has 22 heavy (non-hydrogen) atoms. The molecule has 0 saturated carbocycles. The van der Waals surface area contributed by atoms with Crippen LogP contribution in [0.4, 0.5) is 4.39 Å². The minimum absolute atomic E-state index is 0.303. The number of amides is 1. The van der Waals surface area contributed by atoms with Crippen LogP contribution in [0, 0.1) is 5.82 Å². The number of benzene rings is 2. The van der Waals surface area contributed by atoms with Gasteiger partial charge in [0, 0.05) is 23.1 Å². The molecule has 0 radical (unpaired) electrons. The first-order valence-corrected chi connectivity index (χ1v) is 6.86. The van der Waals surface area contributed by atoms with Crippen molar-refractivity contribution in [1.82, 2.24) is 5.32 Å². The molecule has 5 heteroatoms. The molecule has 3 aromatic rings. The van der Waals surface area contributed by atoms with Crippen LogP contribution in [-0.2, 0) is 6.54 Å². The number of rotatable bonds is 4. The van der Waals surface area contributed by atoms with Crippen molar-refractivity contribution in [2.75, 3.05) is 7.05 Å². The van der Waals surface area contributed by atoms with Crippen LogP contribution in [0.3, 0.4) is 0 Å². The molecule has 0 aliphatic heterocycles. The first kappa shape index (κ1) is 14.3. The summed E-state index contributed by atoms with van der Waals surface area (Å²) in [5.41, 5.74) is 7.27.